The van der Waals surface area contributed by atoms with Crippen LogP contribution in [0.2, 0.25) is 10.0 Å². The maximum atomic E-state index is 12.7. The minimum Gasteiger partial charge on any atom is -0.457 e. The van der Waals surface area contributed by atoms with Crippen LogP contribution in [0.25, 0.3) is 0 Å². The van der Waals surface area contributed by atoms with Crippen molar-refractivity contribution in [3.63, 3.8) is 0 Å². The molecule has 0 atom stereocenters. The van der Waals surface area contributed by atoms with E-state index >= 15 is 0 Å². The second-order valence-electron chi connectivity index (χ2n) is 6.16. The quantitative estimate of drug-likeness (QED) is 0.206. The molecule has 0 aliphatic rings. The van der Waals surface area contributed by atoms with Crippen molar-refractivity contribution in [1.82, 2.24) is 0 Å². The number of halogens is 2. The predicted molar refractivity (Wildman–Crippen MR) is 122 cm³/mol. The normalized spacial score (nSPS) is 10.9. The second-order valence-corrected chi connectivity index (χ2v) is 7.01. The lowest BCUT2D eigenvalue weighted by Crippen LogP contribution is -2.02. The highest BCUT2D eigenvalue weighted by Crippen LogP contribution is 2.27. The Kier molecular flexibility index (Phi) is 7.12. The van der Waals surface area contributed by atoms with Crippen molar-refractivity contribution in [2.45, 2.75) is 0 Å². The lowest BCUT2D eigenvalue weighted by Gasteiger charge is -2.09. The lowest BCUT2D eigenvalue weighted by molar-refractivity contribution is 0.103. The smallest absolute Gasteiger partial charge is 0.194 e. The second kappa shape index (κ2) is 9.97. The monoisotopic (exact) mass is 436 g/mol. The van der Waals surface area contributed by atoms with Crippen LogP contribution >= 0.6 is 23.2 Å². The molecule has 3 rings (SSSR count). The van der Waals surface area contributed by atoms with Gasteiger partial charge in [0, 0.05) is 16.1 Å². The fourth-order valence-electron chi connectivity index (χ4n) is 2.61. The van der Waals surface area contributed by atoms with E-state index in [1.807, 2.05) is 0 Å². The molecule has 0 N–H and O–H groups in total. The van der Waals surface area contributed by atoms with E-state index in [4.69, 9.17) is 32.7 Å². The van der Waals surface area contributed by atoms with E-state index in [1.165, 1.54) is 0 Å². The highest BCUT2D eigenvalue weighted by molar-refractivity contribution is 6.36. The van der Waals surface area contributed by atoms with Gasteiger partial charge in [0.1, 0.15) is 23.0 Å². The summed E-state index contributed by atoms with van der Waals surface area (Å²) in [5.74, 6) is 2.26. The standard InChI is InChI=1S/C25H18Cl2O3/c1-3-5-19(4-2)29-21-11-13-22(14-12-21)30-20-9-6-17(7-10-20)25(28)23-16-18(26)8-15-24(23)27/h3-16H,1-2H2/b19-5+. The van der Waals surface area contributed by atoms with Crippen LogP contribution in [0.1, 0.15) is 15.9 Å². The number of carbonyl (C=O) groups excluding carboxylic acids is 1. The molecule has 0 fully saturated rings. The summed E-state index contributed by atoms with van der Waals surface area (Å²) in [5, 5.41) is 0.810. The largest absolute Gasteiger partial charge is 0.457 e. The third-order valence-corrected chi connectivity index (χ3v) is 4.63. The first-order chi connectivity index (χ1) is 14.5. The van der Waals surface area contributed by atoms with Crippen LogP contribution in [0.15, 0.2) is 104 Å². The van der Waals surface area contributed by atoms with Gasteiger partial charge >= 0.3 is 0 Å². The molecule has 30 heavy (non-hydrogen) atoms. The number of hydrogen-bond acceptors (Lipinski definition) is 3. The van der Waals surface area contributed by atoms with Gasteiger partial charge in [0.25, 0.3) is 0 Å². The first-order valence-electron chi connectivity index (χ1n) is 9.01. The van der Waals surface area contributed by atoms with Crippen molar-refractivity contribution in [2.24, 2.45) is 0 Å². The fraction of sp³-hybridized carbons (Fsp3) is 0. The van der Waals surface area contributed by atoms with Gasteiger partial charge in [-0.25, -0.2) is 0 Å². The molecule has 0 amide bonds. The molecular weight excluding hydrogens is 419 g/mol. The van der Waals surface area contributed by atoms with E-state index in [9.17, 15) is 4.79 Å². The number of rotatable bonds is 8. The number of carbonyl (C=O) groups is 1. The Morgan fingerprint density at radius 3 is 2.03 bits per heavy atom. The SMILES string of the molecule is C=C/C=C(\C=C)Oc1ccc(Oc2ccc(C(=O)c3cc(Cl)ccc3Cl)cc2)cc1. The summed E-state index contributed by atoms with van der Waals surface area (Å²) in [5.41, 5.74) is 0.846. The van der Waals surface area contributed by atoms with Gasteiger partial charge in [0.05, 0.1) is 5.02 Å². The minimum absolute atomic E-state index is 0.207. The summed E-state index contributed by atoms with van der Waals surface area (Å²) in [6.45, 7) is 7.33. The summed E-state index contributed by atoms with van der Waals surface area (Å²) < 4.78 is 11.5. The van der Waals surface area contributed by atoms with Crippen LogP contribution in [0.4, 0.5) is 0 Å². The highest BCUT2D eigenvalue weighted by Gasteiger charge is 2.13. The minimum atomic E-state index is -0.207. The molecule has 0 heterocycles. The number of allylic oxidation sites excluding steroid dienone is 3. The van der Waals surface area contributed by atoms with Gasteiger partial charge in [-0.3, -0.25) is 4.79 Å². The van der Waals surface area contributed by atoms with Crippen LogP contribution in [0, 0.1) is 0 Å². The molecule has 0 radical (unpaired) electrons. The molecule has 0 saturated heterocycles. The van der Waals surface area contributed by atoms with Crippen molar-refractivity contribution in [3.05, 3.63) is 125 Å². The summed E-state index contributed by atoms with van der Waals surface area (Å²) in [6.07, 6.45) is 4.95. The summed E-state index contributed by atoms with van der Waals surface area (Å²) in [6, 6.07) is 18.8. The highest BCUT2D eigenvalue weighted by atomic mass is 35.5. The molecule has 0 aromatic heterocycles. The first kappa shape index (κ1) is 21.4. The van der Waals surface area contributed by atoms with Crippen LogP contribution < -0.4 is 9.47 Å². The van der Waals surface area contributed by atoms with E-state index in [1.54, 1.807) is 85.0 Å². The van der Waals surface area contributed by atoms with E-state index in [0.717, 1.165) is 0 Å². The van der Waals surface area contributed by atoms with Crippen LogP contribution in [0.5, 0.6) is 17.2 Å². The predicted octanol–water partition coefficient (Wildman–Crippen LogP) is 7.65. The van der Waals surface area contributed by atoms with Crippen LogP contribution in [0.3, 0.4) is 0 Å². The Morgan fingerprint density at radius 2 is 1.43 bits per heavy atom. The maximum Gasteiger partial charge on any atom is 0.194 e. The lowest BCUT2D eigenvalue weighted by atomic mass is 10.0. The van der Waals surface area contributed by atoms with E-state index < -0.39 is 0 Å². The van der Waals surface area contributed by atoms with Crippen molar-refractivity contribution in [2.75, 3.05) is 0 Å². The number of ketones is 1. The average molecular weight is 437 g/mol. The van der Waals surface area contributed by atoms with Crippen molar-refractivity contribution < 1.29 is 14.3 Å². The summed E-state index contributed by atoms with van der Waals surface area (Å²) in [4.78, 5) is 12.7. The molecule has 3 aromatic rings. The summed E-state index contributed by atoms with van der Waals surface area (Å²) >= 11 is 12.1. The van der Waals surface area contributed by atoms with Gasteiger partial charge in [-0.05, 0) is 78.9 Å². The van der Waals surface area contributed by atoms with Gasteiger partial charge in [0.2, 0.25) is 0 Å². The zero-order valence-electron chi connectivity index (χ0n) is 16.0. The topological polar surface area (TPSA) is 35.5 Å². The zero-order chi connectivity index (χ0) is 21.5. The molecule has 3 nitrogen and oxygen atoms in total. The van der Waals surface area contributed by atoms with Gasteiger partial charge in [-0.1, -0.05) is 42.4 Å². The Hall–Kier alpha value is -3.27. The van der Waals surface area contributed by atoms with E-state index in [-0.39, 0.29) is 5.78 Å². The Morgan fingerprint density at radius 1 is 0.833 bits per heavy atom. The Bertz CT molecular complexity index is 1100. The van der Waals surface area contributed by atoms with Gasteiger partial charge in [-0.15, -0.1) is 0 Å². The molecule has 0 aliphatic heterocycles. The maximum absolute atomic E-state index is 12.7. The van der Waals surface area contributed by atoms with Crippen LogP contribution in [-0.2, 0) is 0 Å². The van der Waals surface area contributed by atoms with Crippen molar-refractivity contribution in [1.29, 1.82) is 0 Å². The number of ether oxygens (including phenoxy) is 2. The fourth-order valence-corrected chi connectivity index (χ4v) is 2.98. The average Bonchev–Trinajstić information content (AvgIpc) is 2.76. The van der Waals surface area contributed by atoms with Gasteiger partial charge < -0.3 is 9.47 Å². The van der Waals surface area contributed by atoms with Crippen molar-refractivity contribution >= 4 is 29.0 Å². The number of hydrogen-bond donors (Lipinski definition) is 0. The molecule has 0 unspecified atom stereocenters. The molecule has 150 valence electrons. The third kappa shape index (κ3) is 5.41. The van der Waals surface area contributed by atoms with Gasteiger partial charge in [0.15, 0.2) is 5.78 Å². The molecule has 0 aliphatic carbocycles. The molecule has 0 saturated carbocycles. The first-order valence-corrected chi connectivity index (χ1v) is 9.76. The zero-order valence-corrected chi connectivity index (χ0v) is 17.5. The van der Waals surface area contributed by atoms with Gasteiger partial charge in [-0.2, -0.15) is 0 Å². The molecule has 5 heteroatoms. The van der Waals surface area contributed by atoms with Crippen LogP contribution in [-0.4, -0.2) is 5.78 Å². The third-order valence-electron chi connectivity index (χ3n) is 4.07. The molecular formula is C25H18Cl2O3. The molecule has 0 spiro atoms. The number of benzene rings is 3. The molecule has 0 bridgehead atoms. The molecule has 3 aromatic carbocycles. The van der Waals surface area contributed by atoms with E-state index in [2.05, 4.69) is 13.2 Å². The summed E-state index contributed by atoms with van der Waals surface area (Å²) in [7, 11) is 0. The van der Waals surface area contributed by atoms with E-state index in [0.29, 0.717) is 44.2 Å². The van der Waals surface area contributed by atoms with Crippen molar-refractivity contribution in [3.8, 4) is 17.2 Å². The Labute approximate surface area is 185 Å². The Balaban J connectivity index is 1.69.